The Bertz CT molecular complexity index is 765. The number of rotatable bonds is 8. The highest BCUT2D eigenvalue weighted by Crippen LogP contribution is 2.05. The molecule has 0 spiro atoms. The molecule has 0 saturated heterocycles. The first-order chi connectivity index (χ1) is 13.1. The van der Waals surface area contributed by atoms with Crippen molar-refractivity contribution < 1.29 is 9.18 Å². The van der Waals surface area contributed by atoms with Crippen molar-refractivity contribution in [1.82, 2.24) is 16.0 Å². The summed E-state index contributed by atoms with van der Waals surface area (Å²) < 4.78 is 13.1. The SMILES string of the molecule is CCNC(=NCc1ccc(C)cc1)NCCNC(=O)Cc1cccc(F)c1.I. The maximum atomic E-state index is 13.1. The van der Waals surface area contributed by atoms with Gasteiger partial charge in [-0.2, -0.15) is 0 Å². The number of benzene rings is 2. The van der Waals surface area contributed by atoms with Gasteiger partial charge in [0.25, 0.3) is 0 Å². The molecular weight excluding hydrogens is 470 g/mol. The lowest BCUT2D eigenvalue weighted by Crippen LogP contribution is -2.41. The molecule has 0 fully saturated rings. The van der Waals surface area contributed by atoms with Crippen LogP contribution in [0.5, 0.6) is 0 Å². The van der Waals surface area contributed by atoms with Crippen LogP contribution in [0.2, 0.25) is 0 Å². The lowest BCUT2D eigenvalue weighted by Gasteiger charge is -2.12. The maximum absolute atomic E-state index is 13.1. The number of amides is 1. The minimum Gasteiger partial charge on any atom is -0.357 e. The third-order valence-electron chi connectivity index (χ3n) is 3.88. The fraction of sp³-hybridized carbons (Fsp3) is 0.333. The van der Waals surface area contributed by atoms with E-state index in [1.165, 1.54) is 17.7 Å². The van der Waals surface area contributed by atoms with E-state index < -0.39 is 0 Å². The van der Waals surface area contributed by atoms with Crippen LogP contribution in [-0.2, 0) is 17.8 Å². The summed E-state index contributed by atoms with van der Waals surface area (Å²) in [6.45, 7) is 6.41. The van der Waals surface area contributed by atoms with E-state index in [4.69, 9.17) is 0 Å². The number of hydrogen-bond acceptors (Lipinski definition) is 2. The zero-order valence-electron chi connectivity index (χ0n) is 16.3. The Hall–Kier alpha value is -2.16. The molecule has 2 rings (SSSR count). The van der Waals surface area contributed by atoms with Gasteiger partial charge in [0, 0.05) is 19.6 Å². The number of halogens is 2. The highest BCUT2D eigenvalue weighted by Gasteiger charge is 2.04. The Kier molecular flexibility index (Phi) is 11.2. The minimum atomic E-state index is -0.331. The van der Waals surface area contributed by atoms with Crippen molar-refractivity contribution >= 4 is 35.8 Å². The van der Waals surface area contributed by atoms with Gasteiger partial charge in [-0.3, -0.25) is 4.79 Å². The molecule has 0 radical (unpaired) electrons. The lowest BCUT2D eigenvalue weighted by molar-refractivity contribution is -0.120. The fourth-order valence-corrected chi connectivity index (χ4v) is 2.48. The number of nitrogens with zero attached hydrogens (tertiary/aromatic N) is 1. The number of guanidine groups is 1. The van der Waals surface area contributed by atoms with Gasteiger partial charge in [0.15, 0.2) is 5.96 Å². The molecule has 0 aromatic heterocycles. The van der Waals surface area contributed by atoms with Crippen LogP contribution in [0.4, 0.5) is 4.39 Å². The summed E-state index contributed by atoms with van der Waals surface area (Å²) >= 11 is 0. The Morgan fingerprint density at radius 1 is 1.00 bits per heavy atom. The van der Waals surface area contributed by atoms with Crippen LogP contribution < -0.4 is 16.0 Å². The molecule has 28 heavy (non-hydrogen) atoms. The summed E-state index contributed by atoms with van der Waals surface area (Å²) in [6.07, 6.45) is 0.166. The van der Waals surface area contributed by atoms with Crippen molar-refractivity contribution in [3.8, 4) is 0 Å². The normalized spacial score (nSPS) is 10.8. The summed E-state index contributed by atoms with van der Waals surface area (Å²) in [6, 6.07) is 14.3. The van der Waals surface area contributed by atoms with Crippen LogP contribution in [-0.4, -0.2) is 31.5 Å². The van der Waals surface area contributed by atoms with Crippen LogP contribution in [0.3, 0.4) is 0 Å². The Balaban J connectivity index is 0.00000392. The van der Waals surface area contributed by atoms with E-state index in [-0.39, 0.29) is 42.1 Å². The number of aliphatic imine (C=N–C) groups is 1. The van der Waals surface area contributed by atoms with Crippen molar-refractivity contribution in [2.24, 2.45) is 4.99 Å². The average molecular weight is 498 g/mol. The number of aryl methyl sites for hydroxylation is 1. The molecule has 0 aliphatic heterocycles. The molecule has 3 N–H and O–H groups in total. The largest absolute Gasteiger partial charge is 0.357 e. The Morgan fingerprint density at radius 2 is 1.71 bits per heavy atom. The van der Waals surface area contributed by atoms with Gasteiger partial charge >= 0.3 is 0 Å². The zero-order valence-corrected chi connectivity index (χ0v) is 18.6. The van der Waals surface area contributed by atoms with Gasteiger partial charge in [-0.1, -0.05) is 42.0 Å². The highest BCUT2D eigenvalue weighted by atomic mass is 127. The zero-order chi connectivity index (χ0) is 19.5. The first-order valence-corrected chi connectivity index (χ1v) is 9.15. The Labute approximate surface area is 183 Å². The quantitative estimate of drug-likeness (QED) is 0.227. The van der Waals surface area contributed by atoms with Gasteiger partial charge in [0.2, 0.25) is 5.91 Å². The van der Waals surface area contributed by atoms with Crippen molar-refractivity contribution in [3.63, 3.8) is 0 Å². The third kappa shape index (κ3) is 9.16. The van der Waals surface area contributed by atoms with Gasteiger partial charge in [0.05, 0.1) is 13.0 Å². The number of carbonyl (C=O) groups excluding carboxylic acids is 1. The number of nitrogens with one attached hydrogen (secondary N) is 3. The summed E-state index contributed by atoms with van der Waals surface area (Å²) in [4.78, 5) is 16.5. The number of hydrogen-bond donors (Lipinski definition) is 3. The summed E-state index contributed by atoms with van der Waals surface area (Å²) in [5, 5.41) is 9.20. The maximum Gasteiger partial charge on any atom is 0.224 e. The Morgan fingerprint density at radius 3 is 2.39 bits per heavy atom. The average Bonchev–Trinajstić information content (AvgIpc) is 2.64. The van der Waals surface area contributed by atoms with Crippen LogP contribution in [0.1, 0.15) is 23.6 Å². The highest BCUT2D eigenvalue weighted by molar-refractivity contribution is 14.0. The monoisotopic (exact) mass is 498 g/mol. The molecule has 0 unspecified atom stereocenters. The second-order valence-electron chi connectivity index (χ2n) is 6.26. The van der Waals surface area contributed by atoms with Crippen LogP contribution in [0.25, 0.3) is 0 Å². The number of carbonyl (C=O) groups is 1. The molecule has 7 heteroatoms. The van der Waals surface area contributed by atoms with Gasteiger partial charge in [0.1, 0.15) is 5.82 Å². The van der Waals surface area contributed by atoms with Gasteiger partial charge in [-0.15, -0.1) is 24.0 Å². The lowest BCUT2D eigenvalue weighted by atomic mass is 10.1. The van der Waals surface area contributed by atoms with E-state index in [1.54, 1.807) is 12.1 Å². The molecule has 0 heterocycles. The predicted octanol–water partition coefficient (Wildman–Crippen LogP) is 3.17. The van der Waals surface area contributed by atoms with Gasteiger partial charge < -0.3 is 16.0 Å². The molecule has 2 aromatic carbocycles. The smallest absolute Gasteiger partial charge is 0.224 e. The molecule has 0 bridgehead atoms. The fourth-order valence-electron chi connectivity index (χ4n) is 2.48. The summed E-state index contributed by atoms with van der Waals surface area (Å²) in [5.74, 6) is 0.239. The molecule has 152 valence electrons. The van der Waals surface area contributed by atoms with Crippen molar-refractivity contribution in [1.29, 1.82) is 0 Å². The standard InChI is InChI=1S/C21H27FN4O.HI/c1-3-23-21(26-15-17-9-7-16(2)8-10-17)25-12-11-24-20(27)14-18-5-4-6-19(22)13-18;/h4-10,13H,3,11-12,14-15H2,1-2H3,(H,24,27)(H2,23,25,26);1H. The molecular formula is C21H28FIN4O. The molecule has 0 atom stereocenters. The van der Waals surface area contributed by atoms with E-state index in [0.717, 1.165) is 12.1 Å². The third-order valence-corrected chi connectivity index (χ3v) is 3.88. The van der Waals surface area contributed by atoms with E-state index in [9.17, 15) is 9.18 Å². The molecule has 0 saturated carbocycles. The topological polar surface area (TPSA) is 65.5 Å². The van der Waals surface area contributed by atoms with Crippen molar-refractivity contribution in [3.05, 3.63) is 71.0 Å². The van der Waals surface area contributed by atoms with Crippen molar-refractivity contribution in [2.75, 3.05) is 19.6 Å². The van der Waals surface area contributed by atoms with Crippen LogP contribution >= 0.6 is 24.0 Å². The van der Waals surface area contributed by atoms with E-state index >= 15 is 0 Å². The van der Waals surface area contributed by atoms with Crippen LogP contribution in [0.15, 0.2) is 53.5 Å². The second kappa shape index (κ2) is 13.1. The van der Waals surface area contributed by atoms with E-state index in [1.807, 2.05) is 6.92 Å². The van der Waals surface area contributed by atoms with Gasteiger partial charge in [-0.25, -0.2) is 9.38 Å². The first-order valence-electron chi connectivity index (χ1n) is 9.15. The molecule has 0 aliphatic carbocycles. The van der Waals surface area contributed by atoms with Crippen LogP contribution in [0, 0.1) is 12.7 Å². The molecule has 1 amide bonds. The predicted molar refractivity (Wildman–Crippen MR) is 123 cm³/mol. The van der Waals surface area contributed by atoms with Gasteiger partial charge in [-0.05, 0) is 37.1 Å². The second-order valence-corrected chi connectivity index (χ2v) is 6.26. The van der Waals surface area contributed by atoms with E-state index in [0.29, 0.717) is 31.2 Å². The first kappa shape index (κ1) is 23.9. The van der Waals surface area contributed by atoms with Crippen molar-refractivity contribution in [2.45, 2.75) is 26.8 Å². The molecule has 0 aliphatic rings. The molecule has 2 aromatic rings. The minimum absolute atomic E-state index is 0. The van der Waals surface area contributed by atoms with E-state index in [2.05, 4.69) is 52.1 Å². The summed E-state index contributed by atoms with van der Waals surface area (Å²) in [7, 11) is 0. The molecule has 5 nitrogen and oxygen atoms in total. The summed E-state index contributed by atoms with van der Waals surface area (Å²) in [5.41, 5.74) is 3.02.